The van der Waals surface area contributed by atoms with Crippen LogP contribution in [0.25, 0.3) is 0 Å². The average molecular weight is 357 g/mol. The number of hydrogen-bond acceptors (Lipinski definition) is 3. The quantitative estimate of drug-likeness (QED) is 0.629. The second-order valence-corrected chi connectivity index (χ2v) is 8.08. The molecule has 4 nitrogen and oxygen atoms in total. The first-order chi connectivity index (χ1) is 12.1. The van der Waals surface area contributed by atoms with Crippen LogP contribution in [0.15, 0.2) is 40.7 Å². The molecule has 3 rings (SSSR count). The summed E-state index contributed by atoms with van der Waals surface area (Å²) in [5, 5.41) is 5.38. The van der Waals surface area contributed by atoms with Gasteiger partial charge in [0.15, 0.2) is 5.96 Å². The second kappa shape index (κ2) is 8.50. The first kappa shape index (κ1) is 18.0. The highest BCUT2D eigenvalue weighted by Crippen LogP contribution is 2.20. The topological polar surface area (TPSA) is 53.6 Å². The van der Waals surface area contributed by atoms with Gasteiger partial charge in [-0.25, -0.2) is 0 Å². The summed E-state index contributed by atoms with van der Waals surface area (Å²) in [6, 6.07) is 10.7. The van der Waals surface area contributed by atoms with Crippen LogP contribution in [-0.2, 0) is 6.54 Å². The lowest BCUT2D eigenvalue weighted by Gasteiger charge is -2.31. The van der Waals surface area contributed by atoms with Crippen LogP contribution >= 0.6 is 11.3 Å². The van der Waals surface area contributed by atoms with E-state index in [4.69, 9.17) is 5.73 Å². The molecule has 134 valence electrons. The molecule has 2 heterocycles. The van der Waals surface area contributed by atoms with E-state index in [1.807, 2.05) is 11.3 Å². The van der Waals surface area contributed by atoms with Gasteiger partial charge >= 0.3 is 0 Å². The smallest absolute Gasteiger partial charge is 0.193 e. The van der Waals surface area contributed by atoms with E-state index in [9.17, 15) is 0 Å². The van der Waals surface area contributed by atoms with Gasteiger partial charge in [0.1, 0.15) is 0 Å². The summed E-state index contributed by atoms with van der Waals surface area (Å²) in [6.45, 7) is 8.34. The largest absolute Gasteiger partial charge is 0.370 e. The van der Waals surface area contributed by atoms with Crippen molar-refractivity contribution in [1.29, 1.82) is 0 Å². The molecule has 1 fully saturated rings. The lowest BCUT2D eigenvalue weighted by atomic mass is 9.98. The molecular formula is C20H28N4S. The van der Waals surface area contributed by atoms with Crippen LogP contribution in [0.1, 0.15) is 28.8 Å². The summed E-state index contributed by atoms with van der Waals surface area (Å²) in [6.07, 6.45) is 2.48. The number of nitrogens with two attached hydrogens (primary N) is 1. The molecule has 0 bridgehead atoms. The normalized spacial score (nSPS) is 19.1. The van der Waals surface area contributed by atoms with Crippen molar-refractivity contribution in [3.63, 3.8) is 0 Å². The van der Waals surface area contributed by atoms with Crippen molar-refractivity contribution in [2.45, 2.75) is 33.2 Å². The minimum absolute atomic E-state index is 0.514. The Morgan fingerprint density at radius 2 is 2.12 bits per heavy atom. The van der Waals surface area contributed by atoms with Gasteiger partial charge in [-0.05, 0) is 73.9 Å². The molecule has 1 aromatic heterocycles. The molecule has 1 unspecified atom stereocenters. The molecule has 3 N–H and O–H groups in total. The number of likely N-dealkylation sites (tertiary alicyclic amines) is 1. The van der Waals surface area contributed by atoms with Gasteiger partial charge in [0.25, 0.3) is 0 Å². The van der Waals surface area contributed by atoms with Crippen LogP contribution in [0.4, 0.5) is 5.69 Å². The highest BCUT2D eigenvalue weighted by atomic mass is 32.1. The van der Waals surface area contributed by atoms with Gasteiger partial charge < -0.3 is 11.1 Å². The van der Waals surface area contributed by atoms with Gasteiger partial charge in [-0.2, -0.15) is 0 Å². The van der Waals surface area contributed by atoms with Crippen LogP contribution in [0.5, 0.6) is 0 Å². The van der Waals surface area contributed by atoms with E-state index in [0.717, 1.165) is 25.3 Å². The number of thiophene rings is 1. The Bertz CT molecular complexity index is 688. The van der Waals surface area contributed by atoms with Crippen LogP contribution in [0.2, 0.25) is 0 Å². The molecule has 0 spiro atoms. The van der Waals surface area contributed by atoms with Crippen molar-refractivity contribution in [3.8, 4) is 0 Å². The van der Waals surface area contributed by atoms with Crippen molar-refractivity contribution in [3.05, 3.63) is 51.7 Å². The number of guanidine groups is 1. The van der Waals surface area contributed by atoms with E-state index in [0.29, 0.717) is 11.9 Å². The summed E-state index contributed by atoms with van der Waals surface area (Å²) in [7, 11) is 0. The SMILES string of the molecule is Cc1cc(C)cc(NC(N)=NCC2CCCN(Cc3cccs3)C2)c1. The molecule has 5 heteroatoms. The van der Waals surface area contributed by atoms with Crippen LogP contribution in [-0.4, -0.2) is 30.5 Å². The number of nitrogens with one attached hydrogen (secondary N) is 1. The minimum Gasteiger partial charge on any atom is -0.370 e. The zero-order valence-corrected chi connectivity index (χ0v) is 16.0. The summed E-state index contributed by atoms with van der Waals surface area (Å²) in [4.78, 5) is 8.58. The highest BCUT2D eigenvalue weighted by molar-refractivity contribution is 7.09. The molecule has 0 amide bonds. The Morgan fingerprint density at radius 3 is 2.84 bits per heavy atom. The molecule has 1 atom stereocenters. The monoisotopic (exact) mass is 356 g/mol. The van der Waals surface area contributed by atoms with Crippen molar-refractivity contribution in [1.82, 2.24) is 4.90 Å². The molecule has 1 saturated heterocycles. The molecule has 0 saturated carbocycles. The summed E-state index contributed by atoms with van der Waals surface area (Å²) in [5.41, 5.74) is 9.57. The summed E-state index contributed by atoms with van der Waals surface area (Å²) >= 11 is 1.84. The zero-order chi connectivity index (χ0) is 17.6. The first-order valence-corrected chi connectivity index (χ1v) is 9.86. The first-order valence-electron chi connectivity index (χ1n) is 8.98. The summed E-state index contributed by atoms with van der Waals surface area (Å²) < 4.78 is 0. The predicted molar refractivity (Wildman–Crippen MR) is 108 cm³/mol. The van der Waals surface area contributed by atoms with Gasteiger partial charge in [0, 0.05) is 30.2 Å². The third kappa shape index (κ3) is 5.58. The third-order valence-electron chi connectivity index (χ3n) is 4.58. The number of aryl methyl sites for hydroxylation is 2. The van der Waals surface area contributed by atoms with Gasteiger partial charge in [-0.3, -0.25) is 9.89 Å². The zero-order valence-electron chi connectivity index (χ0n) is 15.2. The average Bonchev–Trinajstić information content (AvgIpc) is 3.05. The van der Waals surface area contributed by atoms with Crippen molar-refractivity contribution in [2.75, 3.05) is 25.0 Å². The van der Waals surface area contributed by atoms with Crippen LogP contribution < -0.4 is 11.1 Å². The molecular weight excluding hydrogens is 328 g/mol. The lowest BCUT2D eigenvalue weighted by Crippen LogP contribution is -2.36. The molecule has 1 aromatic carbocycles. The van der Waals surface area contributed by atoms with E-state index in [1.54, 1.807) is 0 Å². The number of aliphatic imine (C=N–C) groups is 1. The van der Waals surface area contributed by atoms with Crippen LogP contribution in [0.3, 0.4) is 0 Å². The van der Waals surface area contributed by atoms with Gasteiger partial charge in [-0.15, -0.1) is 11.3 Å². The maximum atomic E-state index is 6.09. The summed E-state index contributed by atoms with van der Waals surface area (Å²) in [5.74, 6) is 1.11. The molecule has 25 heavy (non-hydrogen) atoms. The molecule has 0 aliphatic carbocycles. The van der Waals surface area contributed by atoms with Gasteiger partial charge in [0.2, 0.25) is 0 Å². The number of nitrogens with zero attached hydrogens (tertiary/aromatic N) is 2. The van der Waals surface area contributed by atoms with E-state index in [1.165, 1.54) is 35.4 Å². The Labute approximate surface area is 154 Å². The standard InChI is InChI=1S/C20H28N4S/c1-15-9-16(2)11-18(10-15)23-20(21)22-12-17-5-3-7-24(13-17)14-19-6-4-8-25-19/h4,6,8-11,17H,3,5,7,12-14H2,1-2H3,(H3,21,22,23). The molecule has 2 aromatic rings. The maximum absolute atomic E-state index is 6.09. The van der Waals surface area contributed by atoms with E-state index in [-0.39, 0.29) is 0 Å². The Balaban J connectivity index is 1.51. The number of hydrogen-bond donors (Lipinski definition) is 2. The lowest BCUT2D eigenvalue weighted by molar-refractivity contribution is 0.172. The predicted octanol–water partition coefficient (Wildman–Crippen LogP) is 4.00. The van der Waals surface area contributed by atoms with Crippen molar-refractivity contribution >= 4 is 23.0 Å². The van der Waals surface area contributed by atoms with E-state index >= 15 is 0 Å². The van der Waals surface area contributed by atoms with E-state index in [2.05, 4.69) is 64.8 Å². The minimum atomic E-state index is 0.514. The fourth-order valence-electron chi connectivity index (χ4n) is 3.53. The fraction of sp³-hybridized carbons (Fsp3) is 0.450. The van der Waals surface area contributed by atoms with Crippen LogP contribution in [0, 0.1) is 19.8 Å². The number of rotatable bonds is 5. The van der Waals surface area contributed by atoms with E-state index < -0.39 is 0 Å². The van der Waals surface area contributed by atoms with Crippen molar-refractivity contribution in [2.24, 2.45) is 16.6 Å². The molecule has 0 radical (unpaired) electrons. The number of piperidine rings is 1. The highest BCUT2D eigenvalue weighted by Gasteiger charge is 2.20. The second-order valence-electron chi connectivity index (χ2n) is 7.05. The Hall–Kier alpha value is -1.85. The number of anilines is 1. The molecule has 1 aliphatic rings. The molecule has 1 aliphatic heterocycles. The maximum Gasteiger partial charge on any atom is 0.193 e. The Morgan fingerprint density at radius 1 is 1.32 bits per heavy atom. The van der Waals surface area contributed by atoms with Gasteiger partial charge in [0.05, 0.1) is 0 Å². The van der Waals surface area contributed by atoms with Gasteiger partial charge in [-0.1, -0.05) is 12.1 Å². The van der Waals surface area contributed by atoms with Crippen molar-refractivity contribution < 1.29 is 0 Å². The fourth-order valence-corrected chi connectivity index (χ4v) is 4.27. The Kier molecular flexibility index (Phi) is 6.10. The third-order valence-corrected chi connectivity index (χ3v) is 5.44. The number of benzene rings is 1.